The maximum absolute atomic E-state index is 13.6. The Balaban J connectivity index is 2.14. The van der Waals surface area contributed by atoms with Gasteiger partial charge in [0.1, 0.15) is 11.6 Å². The molecule has 1 saturated heterocycles. The molecule has 4 nitrogen and oxygen atoms in total. The van der Waals surface area contributed by atoms with Gasteiger partial charge in [0.05, 0.1) is 17.7 Å². The van der Waals surface area contributed by atoms with Crippen molar-refractivity contribution in [3.05, 3.63) is 35.4 Å². The molecule has 0 unspecified atom stereocenters. The van der Waals surface area contributed by atoms with E-state index in [1.54, 1.807) is 0 Å². The Morgan fingerprint density at radius 3 is 2.80 bits per heavy atom. The molecule has 1 N–H and O–H groups in total. The van der Waals surface area contributed by atoms with Gasteiger partial charge in [-0.2, -0.15) is 0 Å². The van der Waals surface area contributed by atoms with Gasteiger partial charge in [0.2, 0.25) is 0 Å². The van der Waals surface area contributed by atoms with Crippen LogP contribution in [0.1, 0.15) is 16.8 Å². The minimum Gasteiger partial charge on any atom is -0.387 e. The summed E-state index contributed by atoms with van der Waals surface area (Å²) in [6.45, 7) is 0.876. The highest BCUT2D eigenvalue weighted by Gasteiger charge is 2.39. The third-order valence-electron chi connectivity index (χ3n) is 3.39. The molecule has 1 fully saturated rings. The highest BCUT2D eigenvalue weighted by Crippen LogP contribution is 2.24. The molecule has 1 amide bonds. The fraction of sp³-hybridized carbons (Fsp3) is 0.500. The van der Waals surface area contributed by atoms with Crippen LogP contribution in [0, 0.1) is 11.6 Å². The molecule has 1 aromatic rings. The molecule has 20 heavy (non-hydrogen) atoms. The first-order valence-corrected chi connectivity index (χ1v) is 6.42. The Bertz CT molecular complexity index is 522. The van der Waals surface area contributed by atoms with Gasteiger partial charge in [-0.3, -0.25) is 4.79 Å². The Labute approximate surface area is 116 Å². The number of aliphatic hydroxyl groups is 1. The summed E-state index contributed by atoms with van der Waals surface area (Å²) in [5.74, 6) is -1.99. The van der Waals surface area contributed by atoms with Gasteiger partial charge < -0.3 is 14.9 Å². The van der Waals surface area contributed by atoms with Crippen LogP contribution in [-0.4, -0.2) is 60.1 Å². The van der Waals surface area contributed by atoms with E-state index in [0.29, 0.717) is 19.5 Å². The van der Waals surface area contributed by atoms with E-state index in [1.807, 2.05) is 19.0 Å². The van der Waals surface area contributed by atoms with Crippen molar-refractivity contribution in [3.63, 3.8) is 0 Å². The van der Waals surface area contributed by atoms with Crippen LogP contribution in [0.3, 0.4) is 0 Å². The smallest absolute Gasteiger partial charge is 0.257 e. The second kappa shape index (κ2) is 5.46. The molecule has 110 valence electrons. The number of hydrogen-bond acceptors (Lipinski definition) is 3. The van der Waals surface area contributed by atoms with Gasteiger partial charge in [-0.1, -0.05) is 0 Å². The topological polar surface area (TPSA) is 43.8 Å². The van der Waals surface area contributed by atoms with E-state index in [2.05, 4.69) is 0 Å². The summed E-state index contributed by atoms with van der Waals surface area (Å²) in [5.41, 5.74) is -1.29. The largest absolute Gasteiger partial charge is 0.387 e. The molecule has 1 aliphatic heterocycles. The maximum Gasteiger partial charge on any atom is 0.257 e. The average molecular weight is 284 g/mol. The van der Waals surface area contributed by atoms with Crippen LogP contribution in [-0.2, 0) is 0 Å². The molecule has 0 spiro atoms. The highest BCUT2D eigenvalue weighted by molar-refractivity contribution is 5.94. The lowest BCUT2D eigenvalue weighted by molar-refractivity contribution is 0.0235. The Morgan fingerprint density at radius 1 is 1.45 bits per heavy atom. The van der Waals surface area contributed by atoms with Crippen molar-refractivity contribution in [1.82, 2.24) is 9.80 Å². The van der Waals surface area contributed by atoms with Gasteiger partial charge in [0, 0.05) is 13.1 Å². The summed E-state index contributed by atoms with van der Waals surface area (Å²) in [5, 5.41) is 10.3. The molecule has 1 aromatic carbocycles. The molecular weight excluding hydrogens is 266 g/mol. The number of benzene rings is 1. The maximum atomic E-state index is 13.6. The number of carbonyl (C=O) groups excluding carboxylic acids is 1. The highest BCUT2D eigenvalue weighted by atomic mass is 19.1. The fourth-order valence-electron chi connectivity index (χ4n) is 2.58. The summed E-state index contributed by atoms with van der Waals surface area (Å²) in [6.07, 6.45) is 0.424. The third kappa shape index (κ3) is 3.13. The number of halogens is 2. The molecule has 0 radical (unpaired) electrons. The molecule has 0 bridgehead atoms. The normalized spacial score (nSPS) is 22.6. The number of nitrogens with zero attached hydrogens (tertiary/aromatic N) is 2. The molecular formula is C14H18F2N2O2. The lowest BCUT2D eigenvalue weighted by Gasteiger charge is -2.26. The zero-order valence-electron chi connectivity index (χ0n) is 11.6. The van der Waals surface area contributed by atoms with Crippen LogP contribution < -0.4 is 0 Å². The number of carbonyl (C=O) groups is 1. The number of likely N-dealkylation sites (N-methyl/N-ethyl adjacent to an activating group) is 1. The van der Waals surface area contributed by atoms with E-state index in [1.165, 1.54) is 4.90 Å². The van der Waals surface area contributed by atoms with Crippen molar-refractivity contribution in [3.8, 4) is 0 Å². The van der Waals surface area contributed by atoms with Crippen LogP contribution in [0.15, 0.2) is 18.2 Å². The van der Waals surface area contributed by atoms with Crippen molar-refractivity contribution >= 4 is 5.91 Å². The van der Waals surface area contributed by atoms with Gasteiger partial charge in [0.15, 0.2) is 0 Å². The summed E-state index contributed by atoms with van der Waals surface area (Å²) in [6, 6.07) is 2.80. The number of likely N-dealkylation sites (tertiary alicyclic amines) is 1. The SMILES string of the molecule is CN(C)C[C@@]1(O)CCN(C(=O)c2cc(F)ccc2F)C1. The van der Waals surface area contributed by atoms with Crippen LogP contribution in [0.2, 0.25) is 0 Å². The van der Waals surface area contributed by atoms with Crippen LogP contribution in [0.5, 0.6) is 0 Å². The van der Waals surface area contributed by atoms with Gasteiger partial charge in [-0.05, 0) is 38.7 Å². The van der Waals surface area contributed by atoms with Gasteiger partial charge >= 0.3 is 0 Å². The number of rotatable bonds is 3. The van der Waals surface area contributed by atoms with Gasteiger partial charge in [-0.15, -0.1) is 0 Å². The number of hydrogen-bond donors (Lipinski definition) is 1. The minimum absolute atomic E-state index is 0.125. The fourth-order valence-corrected chi connectivity index (χ4v) is 2.58. The Kier molecular flexibility index (Phi) is 4.06. The summed E-state index contributed by atoms with van der Waals surface area (Å²) < 4.78 is 26.7. The van der Waals surface area contributed by atoms with Crippen molar-refractivity contribution in [2.75, 3.05) is 33.7 Å². The lowest BCUT2D eigenvalue weighted by atomic mass is 10.0. The predicted octanol–water partition coefficient (Wildman–Crippen LogP) is 1.10. The van der Waals surface area contributed by atoms with Gasteiger partial charge in [-0.25, -0.2) is 8.78 Å². The van der Waals surface area contributed by atoms with E-state index in [-0.39, 0.29) is 12.1 Å². The quantitative estimate of drug-likeness (QED) is 0.904. The van der Waals surface area contributed by atoms with Crippen LogP contribution >= 0.6 is 0 Å². The van der Waals surface area contributed by atoms with Crippen molar-refractivity contribution in [1.29, 1.82) is 0 Å². The first kappa shape index (κ1) is 14.9. The predicted molar refractivity (Wildman–Crippen MR) is 70.4 cm³/mol. The minimum atomic E-state index is -0.997. The van der Waals surface area contributed by atoms with Crippen molar-refractivity contribution in [2.24, 2.45) is 0 Å². The van der Waals surface area contributed by atoms with Crippen molar-refractivity contribution < 1.29 is 18.7 Å². The van der Waals surface area contributed by atoms with E-state index in [0.717, 1.165) is 18.2 Å². The summed E-state index contributed by atoms with van der Waals surface area (Å²) in [7, 11) is 3.66. The molecule has 2 rings (SSSR count). The molecule has 1 atom stereocenters. The molecule has 0 aromatic heterocycles. The lowest BCUT2D eigenvalue weighted by Crippen LogP contribution is -2.43. The van der Waals surface area contributed by atoms with E-state index >= 15 is 0 Å². The van der Waals surface area contributed by atoms with Crippen LogP contribution in [0.25, 0.3) is 0 Å². The molecule has 6 heteroatoms. The van der Waals surface area contributed by atoms with Crippen LogP contribution in [0.4, 0.5) is 8.78 Å². The van der Waals surface area contributed by atoms with E-state index in [4.69, 9.17) is 0 Å². The first-order valence-electron chi connectivity index (χ1n) is 6.42. The molecule has 0 saturated carbocycles. The monoisotopic (exact) mass is 284 g/mol. The second-order valence-corrected chi connectivity index (χ2v) is 5.56. The van der Waals surface area contributed by atoms with Crippen molar-refractivity contribution in [2.45, 2.75) is 12.0 Å². The molecule has 1 aliphatic rings. The van der Waals surface area contributed by atoms with E-state index < -0.39 is 23.1 Å². The average Bonchev–Trinajstić information content (AvgIpc) is 2.72. The van der Waals surface area contributed by atoms with Gasteiger partial charge in [0.25, 0.3) is 5.91 Å². The second-order valence-electron chi connectivity index (χ2n) is 5.56. The summed E-state index contributed by atoms with van der Waals surface area (Å²) in [4.78, 5) is 15.4. The summed E-state index contributed by atoms with van der Waals surface area (Å²) >= 11 is 0. The molecule has 0 aliphatic carbocycles. The van der Waals surface area contributed by atoms with E-state index in [9.17, 15) is 18.7 Å². The zero-order chi connectivity index (χ0) is 14.9. The standard InChI is InChI=1S/C14H18F2N2O2/c1-17(2)8-14(20)5-6-18(9-14)13(19)11-7-10(15)3-4-12(11)16/h3-4,7,20H,5-6,8-9H2,1-2H3/t14-/m0/s1. The number of β-amino-alcohol motifs (C(OH)–C–C–N with tert-alkyl or cyclic N) is 1. The molecule has 1 heterocycles. The first-order chi connectivity index (χ1) is 9.31. The zero-order valence-corrected chi connectivity index (χ0v) is 11.6. The Hall–Kier alpha value is -1.53. The Morgan fingerprint density at radius 2 is 2.15 bits per heavy atom. The number of amides is 1. The third-order valence-corrected chi connectivity index (χ3v) is 3.39.